The minimum atomic E-state index is -0.118. The minimum Gasteiger partial charge on any atom is -0.321 e. The maximum Gasteiger partial charge on any atom is 0.255 e. The number of halogens is 1. The molecule has 0 aliphatic heterocycles. The zero-order chi connectivity index (χ0) is 12.3. The van der Waals surface area contributed by atoms with Crippen LogP contribution in [-0.4, -0.2) is 10.9 Å². The number of aromatic nitrogens is 1. The van der Waals surface area contributed by atoms with Crippen LogP contribution in [0.5, 0.6) is 0 Å². The van der Waals surface area contributed by atoms with E-state index >= 15 is 0 Å². The van der Waals surface area contributed by atoms with Gasteiger partial charge in [0.05, 0.1) is 11.9 Å². The first kappa shape index (κ1) is 11.8. The Labute approximate surface area is 108 Å². The highest BCUT2D eigenvalue weighted by Crippen LogP contribution is 2.13. The number of benzene rings is 1. The van der Waals surface area contributed by atoms with E-state index in [0.717, 1.165) is 10.2 Å². The predicted octanol–water partition coefficient (Wildman–Crippen LogP) is 3.40. The molecule has 86 valence electrons. The first-order valence-electron chi connectivity index (χ1n) is 5.15. The van der Waals surface area contributed by atoms with E-state index in [-0.39, 0.29) is 5.91 Å². The van der Waals surface area contributed by atoms with E-state index in [1.165, 1.54) is 0 Å². The molecule has 0 aliphatic rings. The van der Waals surface area contributed by atoms with Crippen molar-refractivity contribution in [2.24, 2.45) is 0 Å². The van der Waals surface area contributed by atoms with Crippen molar-refractivity contribution in [3.8, 4) is 0 Å². The Hall–Kier alpha value is -1.68. The third-order valence-electron chi connectivity index (χ3n) is 2.37. The molecular formula is C13H11BrN2O. The summed E-state index contributed by atoms with van der Waals surface area (Å²) in [4.78, 5) is 16.0. The maximum absolute atomic E-state index is 12.0. The lowest BCUT2D eigenvalue weighted by molar-refractivity contribution is 0.102. The molecule has 0 saturated carbocycles. The fourth-order valence-corrected chi connectivity index (χ4v) is 1.71. The van der Waals surface area contributed by atoms with Gasteiger partial charge in [-0.25, -0.2) is 4.98 Å². The van der Waals surface area contributed by atoms with E-state index in [2.05, 4.69) is 26.2 Å². The van der Waals surface area contributed by atoms with E-state index in [1.807, 2.05) is 25.1 Å². The van der Waals surface area contributed by atoms with Crippen LogP contribution in [0.15, 0.2) is 47.2 Å². The number of carbonyl (C=O) groups excluding carboxylic acids is 1. The molecule has 0 atom stereocenters. The molecule has 1 N–H and O–H groups in total. The van der Waals surface area contributed by atoms with E-state index in [9.17, 15) is 4.79 Å². The van der Waals surface area contributed by atoms with Crippen molar-refractivity contribution in [2.45, 2.75) is 6.92 Å². The molecule has 1 aromatic carbocycles. The Morgan fingerprint density at radius 1 is 1.24 bits per heavy atom. The number of amides is 1. The minimum absolute atomic E-state index is 0.118. The number of nitrogens with one attached hydrogen (secondary N) is 1. The predicted molar refractivity (Wildman–Crippen MR) is 71.1 cm³/mol. The fourth-order valence-electron chi connectivity index (χ4n) is 1.48. The van der Waals surface area contributed by atoms with E-state index in [0.29, 0.717) is 11.3 Å². The summed E-state index contributed by atoms with van der Waals surface area (Å²) < 4.78 is 0.742. The average molecular weight is 291 g/mol. The SMILES string of the molecule is Cc1ccccc1C(=O)Nc1ccc(Br)nc1. The lowest BCUT2D eigenvalue weighted by Crippen LogP contribution is -2.13. The van der Waals surface area contributed by atoms with E-state index in [1.54, 1.807) is 24.4 Å². The van der Waals surface area contributed by atoms with Crippen LogP contribution in [-0.2, 0) is 0 Å². The summed E-state index contributed by atoms with van der Waals surface area (Å²) in [5.41, 5.74) is 2.31. The van der Waals surface area contributed by atoms with Crippen LogP contribution >= 0.6 is 15.9 Å². The van der Waals surface area contributed by atoms with Crippen LogP contribution in [0.2, 0.25) is 0 Å². The summed E-state index contributed by atoms with van der Waals surface area (Å²) in [5.74, 6) is -0.118. The fraction of sp³-hybridized carbons (Fsp3) is 0.0769. The molecule has 0 unspecified atom stereocenters. The van der Waals surface area contributed by atoms with Crippen molar-refractivity contribution in [1.82, 2.24) is 4.98 Å². The molecule has 0 saturated heterocycles. The van der Waals surface area contributed by atoms with Crippen molar-refractivity contribution < 1.29 is 4.79 Å². The normalized spacial score (nSPS) is 10.0. The van der Waals surface area contributed by atoms with Crippen LogP contribution in [0.4, 0.5) is 5.69 Å². The first-order chi connectivity index (χ1) is 8.16. The quantitative estimate of drug-likeness (QED) is 0.862. The summed E-state index contributed by atoms with van der Waals surface area (Å²) in [5, 5.41) is 2.80. The number of rotatable bonds is 2. The van der Waals surface area contributed by atoms with Gasteiger partial charge in [-0.2, -0.15) is 0 Å². The van der Waals surface area contributed by atoms with Crippen molar-refractivity contribution in [3.63, 3.8) is 0 Å². The second-order valence-corrected chi connectivity index (χ2v) is 4.45. The van der Waals surface area contributed by atoms with Crippen molar-refractivity contribution in [1.29, 1.82) is 0 Å². The van der Waals surface area contributed by atoms with Gasteiger partial charge in [-0.15, -0.1) is 0 Å². The highest BCUT2D eigenvalue weighted by atomic mass is 79.9. The van der Waals surface area contributed by atoms with E-state index in [4.69, 9.17) is 0 Å². The summed E-state index contributed by atoms with van der Waals surface area (Å²) in [6, 6.07) is 11.1. The largest absolute Gasteiger partial charge is 0.321 e. The molecule has 2 aromatic rings. The Balaban J connectivity index is 2.17. The van der Waals surface area contributed by atoms with Gasteiger partial charge in [-0.3, -0.25) is 4.79 Å². The number of hydrogen-bond donors (Lipinski definition) is 1. The first-order valence-corrected chi connectivity index (χ1v) is 5.94. The van der Waals surface area contributed by atoms with Gasteiger partial charge in [0.2, 0.25) is 0 Å². The van der Waals surface area contributed by atoms with Crippen LogP contribution in [0.25, 0.3) is 0 Å². The van der Waals surface area contributed by atoms with Crippen LogP contribution in [0.1, 0.15) is 15.9 Å². The van der Waals surface area contributed by atoms with Gasteiger partial charge in [0.1, 0.15) is 4.60 Å². The maximum atomic E-state index is 12.0. The van der Waals surface area contributed by atoms with Crippen molar-refractivity contribution >= 4 is 27.5 Å². The molecular weight excluding hydrogens is 280 g/mol. The zero-order valence-electron chi connectivity index (χ0n) is 9.27. The van der Waals surface area contributed by atoms with Crippen LogP contribution in [0, 0.1) is 6.92 Å². The van der Waals surface area contributed by atoms with Crippen molar-refractivity contribution in [2.75, 3.05) is 5.32 Å². The molecule has 17 heavy (non-hydrogen) atoms. The van der Waals surface area contributed by atoms with Gasteiger partial charge in [0.15, 0.2) is 0 Å². The second kappa shape index (κ2) is 5.10. The number of carbonyl (C=O) groups is 1. The molecule has 0 fully saturated rings. The van der Waals surface area contributed by atoms with Gasteiger partial charge >= 0.3 is 0 Å². The second-order valence-electron chi connectivity index (χ2n) is 3.64. The lowest BCUT2D eigenvalue weighted by Gasteiger charge is -2.06. The zero-order valence-corrected chi connectivity index (χ0v) is 10.9. The molecule has 3 nitrogen and oxygen atoms in total. The summed E-state index contributed by atoms with van der Waals surface area (Å²) in [7, 11) is 0. The van der Waals surface area contributed by atoms with Gasteiger partial charge in [0.25, 0.3) is 5.91 Å². The lowest BCUT2D eigenvalue weighted by atomic mass is 10.1. The number of nitrogens with zero attached hydrogens (tertiary/aromatic N) is 1. The molecule has 0 bridgehead atoms. The highest BCUT2D eigenvalue weighted by Gasteiger charge is 2.08. The number of aryl methyl sites for hydroxylation is 1. The van der Waals surface area contributed by atoms with Gasteiger partial charge in [-0.1, -0.05) is 18.2 Å². The summed E-state index contributed by atoms with van der Waals surface area (Å²) in [6.45, 7) is 1.91. The van der Waals surface area contributed by atoms with Gasteiger partial charge in [0, 0.05) is 5.56 Å². The summed E-state index contributed by atoms with van der Waals surface area (Å²) in [6.07, 6.45) is 1.61. The molecule has 0 aliphatic carbocycles. The monoisotopic (exact) mass is 290 g/mol. The third kappa shape index (κ3) is 2.91. The molecule has 1 amide bonds. The summed E-state index contributed by atoms with van der Waals surface area (Å²) >= 11 is 3.24. The molecule has 4 heteroatoms. The van der Waals surface area contributed by atoms with Crippen LogP contribution in [0.3, 0.4) is 0 Å². The Kier molecular flexibility index (Phi) is 3.54. The van der Waals surface area contributed by atoms with E-state index < -0.39 is 0 Å². The molecule has 1 heterocycles. The number of hydrogen-bond acceptors (Lipinski definition) is 2. The standard InChI is InChI=1S/C13H11BrN2O/c1-9-4-2-3-5-11(9)13(17)16-10-6-7-12(14)15-8-10/h2-8H,1H3,(H,16,17). The Morgan fingerprint density at radius 2 is 2.00 bits per heavy atom. The Bertz CT molecular complexity index is 537. The molecule has 2 rings (SSSR count). The topological polar surface area (TPSA) is 42.0 Å². The highest BCUT2D eigenvalue weighted by molar-refractivity contribution is 9.10. The molecule has 0 radical (unpaired) electrons. The number of anilines is 1. The Morgan fingerprint density at radius 3 is 2.65 bits per heavy atom. The smallest absolute Gasteiger partial charge is 0.255 e. The van der Waals surface area contributed by atoms with Gasteiger partial charge in [-0.05, 0) is 46.6 Å². The molecule has 0 spiro atoms. The third-order valence-corrected chi connectivity index (χ3v) is 2.84. The van der Waals surface area contributed by atoms with Gasteiger partial charge < -0.3 is 5.32 Å². The average Bonchev–Trinajstić information content (AvgIpc) is 2.32. The number of pyridine rings is 1. The molecule has 1 aromatic heterocycles. The van der Waals surface area contributed by atoms with Crippen molar-refractivity contribution in [3.05, 3.63) is 58.3 Å². The van der Waals surface area contributed by atoms with Crippen LogP contribution < -0.4 is 5.32 Å².